The summed E-state index contributed by atoms with van der Waals surface area (Å²) >= 11 is 1.59. The van der Waals surface area contributed by atoms with Gasteiger partial charge in [-0.05, 0) is 33.2 Å². The van der Waals surface area contributed by atoms with Gasteiger partial charge in [-0.1, -0.05) is 6.08 Å². The summed E-state index contributed by atoms with van der Waals surface area (Å²) in [5, 5.41) is 0.933. The van der Waals surface area contributed by atoms with E-state index in [-0.39, 0.29) is 11.8 Å². The van der Waals surface area contributed by atoms with Crippen LogP contribution in [0.3, 0.4) is 0 Å². The molecule has 0 unspecified atom stereocenters. The van der Waals surface area contributed by atoms with E-state index in [4.69, 9.17) is 0 Å². The quantitative estimate of drug-likeness (QED) is 0.721. The molecule has 0 spiro atoms. The maximum atomic E-state index is 12.2. The fourth-order valence-corrected chi connectivity index (χ4v) is 2.60. The van der Waals surface area contributed by atoms with Gasteiger partial charge in [-0.2, -0.15) is 0 Å². The Labute approximate surface area is 136 Å². The Kier molecular flexibility index (Phi) is 7.27. The van der Waals surface area contributed by atoms with Crippen molar-refractivity contribution in [3.63, 3.8) is 0 Å². The molecule has 0 fully saturated rings. The van der Waals surface area contributed by atoms with Crippen LogP contribution in [-0.2, 0) is 9.59 Å². The molecule has 122 valence electrons. The van der Waals surface area contributed by atoms with Crippen LogP contribution in [-0.4, -0.2) is 62.9 Å². The van der Waals surface area contributed by atoms with Crippen molar-refractivity contribution in [3.8, 4) is 0 Å². The van der Waals surface area contributed by atoms with Gasteiger partial charge in [-0.15, -0.1) is 11.3 Å². The average molecular weight is 323 g/mol. The third-order valence-corrected chi connectivity index (χ3v) is 4.28. The van der Waals surface area contributed by atoms with Gasteiger partial charge in [0.05, 0.1) is 5.00 Å². The molecule has 6 heteroatoms. The number of carbonyl (C=O) groups is 2. The molecule has 5 nitrogen and oxygen atoms in total. The number of anilines is 1. The number of nitrogens with zero attached hydrogens (tertiary/aromatic N) is 3. The zero-order valence-electron chi connectivity index (χ0n) is 14.0. The standard InChI is InChI=1S/C16H25N3O2S/c1-13-8-9-16(22-13)19(5)15(21)10-12-18(4)14(20)7-6-11-17(2)3/h6-9H,10-12H2,1-5H3/b7-6+. The highest BCUT2D eigenvalue weighted by Gasteiger charge is 2.14. The molecule has 1 aromatic rings. The summed E-state index contributed by atoms with van der Waals surface area (Å²) in [6, 6.07) is 3.94. The maximum absolute atomic E-state index is 12.2. The van der Waals surface area contributed by atoms with E-state index in [9.17, 15) is 9.59 Å². The highest BCUT2D eigenvalue weighted by atomic mass is 32.1. The van der Waals surface area contributed by atoms with Crippen LogP contribution in [0, 0.1) is 6.92 Å². The van der Waals surface area contributed by atoms with Crippen LogP contribution in [0.5, 0.6) is 0 Å². The lowest BCUT2D eigenvalue weighted by atomic mass is 10.3. The first-order chi connectivity index (χ1) is 10.3. The van der Waals surface area contributed by atoms with E-state index in [0.29, 0.717) is 13.0 Å². The lowest BCUT2D eigenvalue weighted by Crippen LogP contribution is -2.32. The van der Waals surface area contributed by atoms with Gasteiger partial charge in [-0.3, -0.25) is 9.59 Å². The average Bonchev–Trinajstić information content (AvgIpc) is 2.89. The molecule has 0 atom stereocenters. The highest BCUT2D eigenvalue weighted by Crippen LogP contribution is 2.24. The lowest BCUT2D eigenvalue weighted by molar-refractivity contribution is -0.125. The molecule has 0 saturated heterocycles. The fraction of sp³-hybridized carbons (Fsp3) is 0.500. The lowest BCUT2D eigenvalue weighted by Gasteiger charge is -2.18. The molecule has 1 heterocycles. The second-order valence-corrected chi connectivity index (χ2v) is 6.78. The third-order valence-electron chi connectivity index (χ3n) is 3.20. The monoisotopic (exact) mass is 323 g/mol. The van der Waals surface area contributed by atoms with E-state index >= 15 is 0 Å². The molecule has 0 N–H and O–H groups in total. The number of hydrogen-bond donors (Lipinski definition) is 0. The largest absolute Gasteiger partial charge is 0.342 e. The van der Waals surface area contributed by atoms with Crippen LogP contribution in [0.2, 0.25) is 0 Å². The van der Waals surface area contributed by atoms with Gasteiger partial charge in [0.2, 0.25) is 11.8 Å². The van der Waals surface area contributed by atoms with E-state index in [2.05, 4.69) is 0 Å². The number of hydrogen-bond acceptors (Lipinski definition) is 4. The van der Waals surface area contributed by atoms with Gasteiger partial charge in [0.25, 0.3) is 0 Å². The molecule has 22 heavy (non-hydrogen) atoms. The summed E-state index contributed by atoms with van der Waals surface area (Å²) in [5.41, 5.74) is 0. The van der Waals surface area contributed by atoms with Gasteiger partial charge >= 0.3 is 0 Å². The Morgan fingerprint density at radius 2 is 1.86 bits per heavy atom. The summed E-state index contributed by atoms with van der Waals surface area (Å²) in [4.78, 5) is 30.4. The minimum atomic E-state index is -0.0794. The number of thiophene rings is 1. The smallest absolute Gasteiger partial charge is 0.246 e. The van der Waals surface area contributed by atoms with Crippen molar-refractivity contribution in [2.24, 2.45) is 0 Å². The number of carbonyl (C=O) groups excluding carboxylic acids is 2. The fourth-order valence-electron chi connectivity index (χ4n) is 1.76. The predicted octanol–water partition coefficient (Wildman–Crippen LogP) is 1.99. The highest BCUT2D eigenvalue weighted by molar-refractivity contribution is 7.16. The van der Waals surface area contributed by atoms with Gasteiger partial charge in [-0.25, -0.2) is 0 Å². The molecule has 1 aromatic heterocycles. The Bertz CT molecular complexity index is 537. The second kappa shape index (κ2) is 8.70. The van der Waals surface area contributed by atoms with Crippen molar-refractivity contribution in [2.45, 2.75) is 13.3 Å². The Morgan fingerprint density at radius 1 is 1.18 bits per heavy atom. The summed E-state index contributed by atoms with van der Waals surface area (Å²) in [6.07, 6.45) is 3.69. The van der Waals surface area contributed by atoms with Crippen LogP contribution in [0.25, 0.3) is 0 Å². The van der Waals surface area contributed by atoms with E-state index in [1.165, 1.54) is 4.88 Å². The van der Waals surface area contributed by atoms with E-state index in [1.54, 1.807) is 41.3 Å². The van der Waals surface area contributed by atoms with Crippen molar-refractivity contribution in [2.75, 3.05) is 46.2 Å². The Morgan fingerprint density at radius 3 is 2.41 bits per heavy atom. The van der Waals surface area contributed by atoms with Gasteiger partial charge in [0, 0.05) is 44.6 Å². The first kappa shape index (κ1) is 18.4. The minimum Gasteiger partial charge on any atom is -0.342 e. The molecule has 0 bridgehead atoms. The number of likely N-dealkylation sites (N-methyl/N-ethyl adjacent to an activating group) is 2. The molecular weight excluding hydrogens is 298 g/mol. The number of rotatable bonds is 7. The van der Waals surface area contributed by atoms with Crippen LogP contribution in [0.15, 0.2) is 24.3 Å². The normalized spacial score (nSPS) is 11.2. The first-order valence-corrected chi connectivity index (χ1v) is 8.02. The molecule has 0 aromatic carbocycles. The zero-order chi connectivity index (χ0) is 16.7. The zero-order valence-corrected chi connectivity index (χ0v) is 14.8. The molecule has 0 aliphatic rings. The Hall–Kier alpha value is -1.66. The SMILES string of the molecule is Cc1ccc(N(C)C(=O)CCN(C)C(=O)/C=C/CN(C)C)s1. The predicted molar refractivity (Wildman–Crippen MR) is 92.4 cm³/mol. The topological polar surface area (TPSA) is 43.9 Å². The van der Waals surface area contributed by atoms with Gasteiger partial charge in [0.1, 0.15) is 0 Å². The summed E-state index contributed by atoms with van der Waals surface area (Å²) in [5.74, 6) is -0.0666. The minimum absolute atomic E-state index is 0.0128. The van der Waals surface area contributed by atoms with Crippen molar-refractivity contribution < 1.29 is 9.59 Å². The van der Waals surface area contributed by atoms with Gasteiger partial charge < -0.3 is 14.7 Å². The van der Waals surface area contributed by atoms with Crippen molar-refractivity contribution in [3.05, 3.63) is 29.2 Å². The molecular formula is C16H25N3O2S. The molecule has 0 radical (unpaired) electrons. The van der Waals surface area contributed by atoms with Gasteiger partial charge in [0.15, 0.2) is 0 Å². The molecule has 1 rings (SSSR count). The molecule has 0 aliphatic carbocycles. The summed E-state index contributed by atoms with van der Waals surface area (Å²) < 4.78 is 0. The molecule has 2 amide bonds. The van der Waals surface area contributed by atoms with Crippen molar-refractivity contribution in [1.29, 1.82) is 0 Å². The summed E-state index contributed by atoms with van der Waals surface area (Å²) in [6.45, 7) is 3.15. The van der Waals surface area contributed by atoms with Crippen molar-refractivity contribution in [1.82, 2.24) is 9.80 Å². The molecule has 0 aliphatic heterocycles. The van der Waals surface area contributed by atoms with E-state index in [0.717, 1.165) is 11.5 Å². The second-order valence-electron chi connectivity index (χ2n) is 5.51. The van der Waals surface area contributed by atoms with Crippen LogP contribution in [0.4, 0.5) is 5.00 Å². The van der Waals surface area contributed by atoms with Crippen molar-refractivity contribution >= 4 is 28.2 Å². The number of amides is 2. The Balaban J connectivity index is 2.42. The van der Waals surface area contributed by atoms with Crippen LogP contribution in [0.1, 0.15) is 11.3 Å². The first-order valence-electron chi connectivity index (χ1n) is 7.20. The number of aryl methyl sites for hydroxylation is 1. The van der Waals surface area contributed by atoms with Crippen LogP contribution >= 0.6 is 11.3 Å². The van der Waals surface area contributed by atoms with E-state index in [1.807, 2.05) is 44.1 Å². The molecule has 0 saturated carbocycles. The summed E-state index contributed by atoms with van der Waals surface area (Å²) in [7, 11) is 7.37. The van der Waals surface area contributed by atoms with Crippen LogP contribution < -0.4 is 4.90 Å². The van der Waals surface area contributed by atoms with E-state index < -0.39 is 0 Å². The third kappa shape index (κ3) is 5.99. The maximum Gasteiger partial charge on any atom is 0.246 e.